The summed E-state index contributed by atoms with van der Waals surface area (Å²) in [6.45, 7) is 3.88. The van der Waals surface area contributed by atoms with Crippen LogP contribution in [0.15, 0.2) is 18.2 Å². The molecule has 2 aromatic rings. The molecule has 24 heavy (non-hydrogen) atoms. The largest absolute Gasteiger partial charge is 0.450 e. The van der Waals surface area contributed by atoms with Gasteiger partial charge in [0, 0.05) is 37.0 Å². The van der Waals surface area contributed by atoms with Gasteiger partial charge in [0.25, 0.3) is 0 Å². The van der Waals surface area contributed by atoms with Crippen LogP contribution in [0.2, 0.25) is 0 Å². The Bertz CT molecular complexity index is 731. The molecule has 128 valence electrons. The average Bonchev–Trinajstić information content (AvgIpc) is 2.87. The fraction of sp³-hybridized carbons (Fsp3) is 0.375. The van der Waals surface area contributed by atoms with Gasteiger partial charge in [-0.2, -0.15) is 0 Å². The van der Waals surface area contributed by atoms with E-state index in [2.05, 4.69) is 15.2 Å². The average molecular weight is 353 g/mol. The first-order valence-electron chi connectivity index (χ1n) is 7.63. The van der Waals surface area contributed by atoms with Crippen LogP contribution < -0.4 is 5.32 Å². The monoisotopic (exact) mass is 353 g/mol. The summed E-state index contributed by atoms with van der Waals surface area (Å²) in [6, 6.07) is 3.56. The third-order valence-electron chi connectivity index (χ3n) is 3.62. The topological polar surface area (TPSA) is 54.5 Å². The van der Waals surface area contributed by atoms with Gasteiger partial charge in [-0.1, -0.05) is 11.3 Å². The van der Waals surface area contributed by atoms with E-state index in [1.807, 2.05) is 0 Å². The number of benzene rings is 1. The number of hydrogen-bond donors (Lipinski definition) is 1. The summed E-state index contributed by atoms with van der Waals surface area (Å²) in [6.07, 6.45) is 0.212. The van der Waals surface area contributed by atoms with Gasteiger partial charge in [0.2, 0.25) is 0 Å². The van der Waals surface area contributed by atoms with E-state index < -0.39 is 17.7 Å². The molecule has 5 nitrogen and oxygen atoms in total. The number of carbonyl (C=O) groups excluding carboxylic acids is 1. The summed E-state index contributed by atoms with van der Waals surface area (Å²) >= 11 is 1.40. The minimum atomic E-state index is -0.568. The molecule has 0 unspecified atom stereocenters. The normalized spacial score (nSPS) is 14.3. The lowest BCUT2D eigenvalue weighted by atomic mass is 10.1. The summed E-state index contributed by atoms with van der Waals surface area (Å²) in [5.41, 5.74) is 1.55. The predicted octanol–water partition coefficient (Wildman–Crippen LogP) is 3.55. The molecule has 0 fully saturated rings. The second-order valence-electron chi connectivity index (χ2n) is 5.47. The van der Waals surface area contributed by atoms with E-state index in [9.17, 15) is 13.6 Å². The number of anilines is 1. The van der Waals surface area contributed by atoms with E-state index in [4.69, 9.17) is 4.74 Å². The van der Waals surface area contributed by atoms with Crippen LogP contribution in [-0.4, -0.2) is 29.1 Å². The van der Waals surface area contributed by atoms with Gasteiger partial charge >= 0.3 is 6.09 Å². The number of amides is 1. The van der Waals surface area contributed by atoms with Gasteiger partial charge in [-0.15, -0.1) is 0 Å². The second kappa shape index (κ2) is 7.23. The molecule has 8 heteroatoms. The molecular formula is C16H17F2N3O2S. The molecule has 0 radical (unpaired) electrons. The molecule has 0 atom stereocenters. The molecule has 0 aliphatic carbocycles. The molecule has 1 aromatic heterocycles. The summed E-state index contributed by atoms with van der Waals surface area (Å²) in [5.74, 6) is -1.14. The van der Waals surface area contributed by atoms with Gasteiger partial charge < -0.3 is 4.74 Å². The van der Waals surface area contributed by atoms with Crippen LogP contribution in [0.4, 0.5) is 18.7 Å². The number of nitrogens with one attached hydrogen (secondary N) is 1. The quantitative estimate of drug-likeness (QED) is 0.913. The van der Waals surface area contributed by atoms with Crippen LogP contribution in [0, 0.1) is 11.6 Å². The van der Waals surface area contributed by atoms with E-state index in [0.717, 1.165) is 29.6 Å². The molecule has 1 aromatic carbocycles. The highest BCUT2D eigenvalue weighted by Gasteiger charge is 2.22. The molecule has 1 aliphatic rings. The molecule has 0 saturated carbocycles. The van der Waals surface area contributed by atoms with Crippen molar-refractivity contribution < 1.29 is 18.3 Å². The smallest absolute Gasteiger partial charge is 0.413 e. The van der Waals surface area contributed by atoms with Crippen molar-refractivity contribution in [2.75, 3.05) is 18.5 Å². The van der Waals surface area contributed by atoms with Crippen LogP contribution in [-0.2, 0) is 24.2 Å². The number of hydrogen-bond acceptors (Lipinski definition) is 5. The number of halogens is 2. The van der Waals surface area contributed by atoms with Gasteiger partial charge in [0.1, 0.15) is 11.6 Å². The molecule has 0 saturated heterocycles. The van der Waals surface area contributed by atoms with Crippen molar-refractivity contribution in [2.24, 2.45) is 0 Å². The lowest BCUT2D eigenvalue weighted by molar-refractivity contribution is 0.168. The van der Waals surface area contributed by atoms with E-state index in [1.54, 1.807) is 6.92 Å². The van der Waals surface area contributed by atoms with E-state index in [0.29, 0.717) is 30.4 Å². The van der Waals surface area contributed by atoms with Crippen molar-refractivity contribution in [3.63, 3.8) is 0 Å². The highest BCUT2D eigenvalue weighted by atomic mass is 32.1. The molecule has 1 N–H and O–H groups in total. The lowest BCUT2D eigenvalue weighted by Crippen LogP contribution is -2.29. The zero-order valence-corrected chi connectivity index (χ0v) is 14.0. The highest BCUT2D eigenvalue weighted by molar-refractivity contribution is 7.15. The van der Waals surface area contributed by atoms with Crippen molar-refractivity contribution >= 4 is 22.6 Å². The Kier molecular flexibility index (Phi) is 5.06. The van der Waals surface area contributed by atoms with Crippen LogP contribution >= 0.6 is 11.3 Å². The standard InChI is InChI=1S/C16H17F2N3O2S/c1-2-23-16(22)20-15-19-13-3-4-21(9-14(13)24-15)8-10-5-11(17)7-12(18)6-10/h5-7H,2-4,8-9H2,1H3,(H,19,20,22). The van der Waals surface area contributed by atoms with Crippen molar-refractivity contribution in [2.45, 2.75) is 26.4 Å². The van der Waals surface area contributed by atoms with Crippen LogP contribution in [0.1, 0.15) is 23.1 Å². The Labute approximate surface area is 142 Å². The lowest BCUT2D eigenvalue weighted by Gasteiger charge is -2.25. The third kappa shape index (κ3) is 4.07. The highest BCUT2D eigenvalue weighted by Crippen LogP contribution is 2.29. The van der Waals surface area contributed by atoms with Gasteiger partial charge in [0.05, 0.1) is 12.3 Å². The number of rotatable bonds is 4. The van der Waals surface area contributed by atoms with Crippen LogP contribution in [0.25, 0.3) is 0 Å². The third-order valence-corrected chi connectivity index (χ3v) is 4.62. The first kappa shape index (κ1) is 16.8. The minimum Gasteiger partial charge on any atom is -0.450 e. The maximum absolute atomic E-state index is 13.3. The second-order valence-corrected chi connectivity index (χ2v) is 6.56. The SMILES string of the molecule is CCOC(=O)Nc1nc2c(s1)CN(Cc1cc(F)cc(F)c1)CC2. The fourth-order valence-electron chi connectivity index (χ4n) is 2.65. The number of ether oxygens (including phenoxy) is 1. The fourth-order valence-corrected chi connectivity index (χ4v) is 3.69. The molecule has 3 rings (SSSR count). The summed E-state index contributed by atoms with van der Waals surface area (Å²) in [4.78, 5) is 19.0. The Morgan fingerprint density at radius 3 is 2.83 bits per heavy atom. The van der Waals surface area contributed by atoms with Crippen molar-refractivity contribution in [3.8, 4) is 0 Å². The van der Waals surface area contributed by atoms with Gasteiger partial charge in [-0.05, 0) is 24.6 Å². The Morgan fingerprint density at radius 2 is 2.12 bits per heavy atom. The van der Waals surface area contributed by atoms with Gasteiger partial charge in [-0.25, -0.2) is 18.6 Å². The number of aromatic nitrogens is 1. The Balaban J connectivity index is 1.65. The van der Waals surface area contributed by atoms with Crippen LogP contribution in [0.3, 0.4) is 0 Å². The number of nitrogens with zero attached hydrogens (tertiary/aromatic N) is 2. The van der Waals surface area contributed by atoms with Crippen molar-refractivity contribution in [1.29, 1.82) is 0 Å². The molecular weight excluding hydrogens is 336 g/mol. The number of thiazole rings is 1. The van der Waals surface area contributed by atoms with Gasteiger partial charge in [-0.3, -0.25) is 10.2 Å². The Morgan fingerprint density at radius 1 is 1.38 bits per heavy atom. The maximum Gasteiger partial charge on any atom is 0.413 e. The predicted molar refractivity (Wildman–Crippen MR) is 86.9 cm³/mol. The Hall–Kier alpha value is -2.06. The van der Waals surface area contributed by atoms with Gasteiger partial charge in [0.15, 0.2) is 5.13 Å². The van der Waals surface area contributed by atoms with E-state index in [1.165, 1.54) is 23.5 Å². The van der Waals surface area contributed by atoms with Crippen LogP contribution in [0.5, 0.6) is 0 Å². The first-order chi connectivity index (χ1) is 11.5. The summed E-state index contributed by atoms with van der Waals surface area (Å²) < 4.78 is 31.4. The number of fused-ring (bicyclic) bond motifs is 1. The molecule has 0 spiro atoms. The molecule has 0 bridgehead atoms. The minimum absolute atomic E-state index is 0.300. The molecule has 2 heterocycles. The van der Waals surface area contributed by atoms with E-state index in [-0.39, 0.29) is 0 Å². The number of carbonyl (C=O) groups is 1. The van der Waals surface area contributed by atoms with Crippen molar-refractivity contribution in [1.82, 2.24) is 9.88 Å². The molecule has 1 aliphatic heterocycles. The zero-order chi connectivity index (χ0) is 17.1. The molecule has 1 amide bonds. The summed E-state index contributed by atoms with van der Waals surface area (Å²) in [5, 5.41) is 3.12. The first-order valence-corrected chi connectivity index (χ1v) is 8.45. The van der Waals surface area contributed by atoms with E-state index >= 15 is 0 Å². The maximum atomic E-state index is 13.3. The zero-order valence-electron chi connectivity index (χ0n) is 13.1. The van der Waals surface area contributed by atoms with Crippen molar-refractivity contribution in [3.05, 3.63) is 46.0 Å². The summed E-state index contributed by atoms with van der Waals surface area (Å²) in [7, 11) is 0.